The molecular weight excluding hydrogens is 389 g/mol. The topological polar surface area (TPSA) is 68.8 Å². The van der Waals surface area contributed by atoms with Crippen LogP contribution in [0.2, 0.25) is 0 Å². The summed E-state index contributed by atoms with van der Waals surface area (Å²) in [5.74, 6) is 0.890. The van der Waals surface area contributed by atoms with E-state index in [4.69, 9.17) is 14.2 Å². The molecule has 6 nitrogen and oxygen atoms in total. The SMILES string of the molecule is COCCOc1ccc(C(F)(F)F)cc1NC(=O)NC[C@@H]1Cc2ccccc2O1. The molecule has 1 aliphatic heterocycles. The summed E-state index contributed by atoms with van der Waals surface area (Å²) >= 11 is 0. The van der Waals surface area contributed by atoms with Crippen molar-refractivity contribution in [2.45, 2.75) is 18.7 Å². The van der Waals surface area contributed by atoms with Gasteiger partial charge in [0.05, 0.1) is 24.4 Å². The number of nitrogens with one attached hydrogen (secondary N) is 2. The number of para-hydroxylation sites is 1. The maximum Gasteiger partial charge on any atom is 0.416 e. The Morgan fingerprint density at radius 1 is 1.21 bits per heavy atom. The fraction of sp³-hybridized carbons (Fsp3) is 0.350. The third-order valence-electron chi connectivity index (χ3n) is 4.30. The number of fused-ring (bicyclic) bond motifs is 1. The standard InChI is InChI=1S/C20H21F3N2O4/c1-27-8-9-28-18-7-6-14(20(21,22)23)11-16(18)25-19(26)24-12-15-10-13-4-2-3-5-17(13)29-15/h2-7,11,15H,8-10,12H2,1H3,(H2,24,25,26)/t15-/m0/s1. The second-order valence-electron chi connectivity index (χ2n) is 6.44. The molecule has 0 fully saturated rings. The van der Waals surface area contributed by atoms with Crippen molar-refractivity contribution in [2.75, 3.05) is 32.2 Å². The third kappa shape index (κ3) is 5.54. The summed E-state index contributed by atoms with van der Waals surface area (Å²) in [5.41, 5.74) is 0.0805. The van der Waals surface area contributed by atoms with Crippen LogP contribution < -0.4 is 20.1 Å². The number of anilines is 1. The Morgan fingerprint density at radius 3 is 2.72 bits per heavy atom. The number of ether oxygens (including phenoxy) is 3. The van der Waals surface area contributed by atoms with Crippen LogP contribution in [0.1, 0.15) is 11.1 Å². The van der Waals surface area contributed by atoms with E-state index in [9.17, 15) is 18.0 Å². The molecule has 0 saturated carbocycles. The number of carbonyl (C=O) groups is 1. The summed E-state index contributed by atoms with van der Waals surface area (Å²) < 4.78 is 55.1. The van der Waals surface area contributed by atoms with Crippen LogP contribution in [0.3, 0.4) is 0 Å². The number of hydrogen-bond donors (Lipinski definition) is 2. The number of carbonyl (C=O) groups excluding carboxylic acids is 1. The van der Waals surface area contributed by atoms with Gasteiger partial charge in [0.15, 0.2) is 0 Å². The highest BCUT2D eigenvalue weighted by Gasteiger charge is 2.31. The molecule has 0 saturated heterocycles. The number of rotatable bonds is 7. The molecule has 2 aromatic rings. The molecule has 1 atom stereocenters. The van der Waals surface area contributed by atoms with Crippen molar-refractivity contribution in [3.05, 3.63) is 53.6 Å². The molecule has 9 heteroatoms. The van der Waals surface area contributed by atoms with Gasteiger partial charge in [0.25, 0.3) is 0 Å². The van der Waals surface area contributed by atoms with Gasteiger partial charge in [-0.1, -0.05) is 18.2 Å². The van der Waals surface area contributed by atoms with Crippen LogP contribution in [0, 0.1) is 0 Å². The molecule has 1 heterocycles. The van der Waals surface area contributed by atoms with Crippen LogP contribution in [0.5, 0.6) is 11.5 Å². The fourth-order valence-corrected chi connectivity index (χ4v) is 2.91. The predicted octanol–water partition coefficient (Wildman–Crippen LogP) is 3.86. The molecule has 0 aliphatic carbocycles. The lowest BCUT2D eigenvalue weighted by Crippen LogP contribution is -2.37. The zero-order valence-electron chi connectivity index (χ0n) is 15.7. The molecule has 0 spiro atoms. The van der Waals surface area contributed by atoms with Crippen LogP contribution in [-0.2, 0) is 17.3 Å². The normalized spacial score (nSPS) is 15.4. The number of hydrogen-bond acceptors (Lipinski definition) is 4. The second-order valence-corrected chi connectivity index (χ2v) is 6.44. The minimum Gasteiger partial charge on any atom is -0.489 e. The Bertz CT molecular complexity index is 833. The summed E-state index contributed by atoms with van der Waals surface area (Å²) in [6.45, 7) is 0.595. The number of amides is 2. The average molecular weight is 410 g/mol. The van der Waals surface area contributed by atoms with Gasteiger partial charge in [0.1, 0.15) is 24.2 Å². The van der Waals surface area contributed by atoms with Crippen molar-refractivity contribution in [2.24, 2.45) is 0 Å². The van der Waals surface area contributed by atoms with Gasteiger partial charge in [0.2, 0.25) is 0 Å². The Hall–Kier alpha value is -2.94. The Labute approximate surface area is 166 Å². The second kappa shape index (κ2) is 9.04. The van der Waals surface area contributed by atoms with Gasteiger partial charge in [-0.05, 0) is 29.8 Å². The maximum absolute atomic E-state index is 13.0. The monoisotopic (exact) mass is 410 g/mol. The van der Waals surface area contributed by atoms with Gasteiger partial charge in [-0.15, -0.1) is 0 Å². The Morgan fingerprint density at radius 2 is 2.00 bits per heavy atom. The summed E-state index contributed by atoms with van der Waals surface area (Å²) in [4.78, 5) is 12.2. The van der Waals surface area contributed by atoms with Gasteiger partial charge in [-0.25, -0.2) is 4.79 Å². The minimum absolute atomic E-state index is 0.0796. The number of urea groups is 1. The third-order valence-corrected chi connectivity index (χ3v) is 4.30. The highest BCUT2D eigenvalue weighted by Crippen LogP contribution is 2.35. The van der Waals surface area contributed by atoms with Gasteiger partial charge in [-0.3, -0.25) is 0 Å². The van der Waals surface area contributed by atoms with E-state index in [1.165, 1.54) is 13.2 Å². The van der Waals surface area contributed by atoms with E-state index in [1.807, 2.05) is 24.3 Å². The van der Waals surface area contributed by atoms with Crippen LogP contribution in [0.4, 0.5) is 23.7 Å². The molecule has 1 aliphatic rings. The molecule has 0 bridgehead atoms. The lowest BCUT2D eigenvalue weighted by Gasteiger charge is -2.16. The van der Waals surface area contributed by atoms with Crippen LogP contribution >= 0.6 is 0 Å². The molecule has 2 aromatic carbocycles. The van der Waals surface area contributed by atoms with Crippen molar-refractivity contribution in [3.8, 4) is 11.5 Å². The predicted molar refractivity (Wildman–Crippen MR) is 100 cm³/mol. The van der Waals surface area contributed by atoms with Crippen molar-refractivity contribution in [3.63, 3.8) is 0 Å². The van der Waals surface area contributed by atoms with Crippen LogP contribution in [-0.4, -0.2) is 39.0 Å². The minimum atomic E-state index is -4.54. The van der Waals surface area contributed by atoms with Gasteiger partial charge >= 0.3 is 12.2 Å². The molecule has 156 valence electrons. The van der Waals surface area contributed by atoms with Crippen molar-refractivity contribution >= 4 is 11.7 Å². The first-order chi connectivity index (χ1) is 13.9. The molecule has 2 amide bonds. The summed E-state index contributed by atoms with van der Waals surface area (Å²) in [7, 11) is 1.48. The summed E-state index contributed by atoms with van der Waals surface area (Å²) in [5, 5.41) is 5.05. The number of methoxy groups -OCH3 is 1. The lowest BCUT2D eigenvalue weighted by atomic mass is 10.1. The molecule has 3 rings (SSSR count). The number of halogens is 3. The zero-order chi connectivity index (χ0) is 20.9. The van der Waals surface area contributed by atoms with E-state index < -0.39 is 17.8 Å². The zero-order valence-corrected chi connectivity index (χ0v) is 15.7. The number of benzene rings is 2. The van der Waals surface area contributed by atoms with E-state index in [2.05, 4.69) is 10.6 Å². The van der Waals surface area contributed by atoms with E-state index >= 15 is 0 Å². The highest BCUT2D eigenvalue weighted by atomic mass is 19.4. The highest BCUT2D eigenvalue weighted by molar-refractivity contribution is 5.91. The van der Waals surface area contributed by atoms with E-state index in [0.29, 0.717) is 6.42 Å². The van der Waals surface area contributed by atoms with E-state index in [0.717, 1.165) is 23.4 Å². The van der Waals surface area contributed by atoms with Crippen molar-refractivity contribution in [1.29, 1.82) is 0 Å². The van der Waals surface area contributed by atoms with E-state index in [-0.39, 0.29) is 37.3 Å². The first-order valence-corrected chi connectivity index (χ1v) is 8.99. The average Bonchev–Trinajstić information content (AvgIpc) is 3.10. The fourth-order valence-electron chi connectivity index (χ4n) is 2.91. The first kappa shape index (κ1) is 20.8. The smallest absolute Gasteiger partial charge is 0.416 e. The van der Waals surface area contributed by atoms with E-state index in [1.54, 1.807) is 0 Å². The van der Waals surface area contributed by atoms with Gasteiger partial charge < -0.3 is 24.8 Å². The molecule has 0 aromatic heterocycles. The molecule has 29 heavy (non-hydrogen) atoms. The van der Waals surface area contributed by atoms with Crippen LogP contribution in [0.15, 0.2) is 42.5 Å². The Kier molecular flexibility index (Phi) is 6.48. The van der Waals surface area contributed by atoms with Gasteiger partial charge in [0, 0.05) is 13.5 Å². The summed E-state index contributed by atoms with van der Waals surface area (Å²) in [6.07, 6.45) is -4.13. The van der Waals surface area contributed by atoms with Gasteiger partial charge in [-0.2, -0.15) is 13.2 Å². The van der Waals surface area contributed by atoms with Crippen LogP contribution in [0.25, 0.3) is 0 Å². The molecule has 0 unspecified atom stereocenters. The molecule has 0 radical (unpaired) electrons. The first-order valence-electron chi connectivity index (χ1n) is 8.99. The largest absolute Gasteiger partial charge is 0.489 e. The maximum atomic E-state index is 13.0. The van der Waals surface area contributed by atoms with Crippen molar-refractivity contribution in [1.82, 2.24) is 5.32 Å². The quantitative estimate of drug-likeness (QED) is 0.681. The Balaban J connectivity index is 1.61. The van der Waals surface area contributed by atoms with Crippen molar-refractivity contribution < 1.29 is 32.2 Å². The number of alkyl halides is 3. The molecule has 2 N–H and O–H groups in total. The lowest BCUT2D eigenvalue weighted by molar-refractivity contribution is -0.137. The molecular formula is C20H21F3N2O4. The summed E-state index contributed by atoms with van der Waals surface area (Å²) in [6, 6.07) is 9.82.